The predicted octanol–water partition coefficient (Wildman–Crippen LogP) is 9.03. The van der Waals surface area contributed by atoms with Gasteiger partial charge in [0.2, 0.25) is 5.71 Å². The molecule has 0 radical (unpaired) electrons. The summed E-state index contributed by atoms with van der Waals surface area (Å²) >= 11 is 0. The maximum atomic E-state index is 9.43. The van der Waals surface area contributed by atoms with E-state index < -0.39 is 12.7 Å². The standard InChI is InChI=1S/C32H34N2O/c1-18(2)29(19(3)4)26-16-28(33-17-22(26)7)25-13-9-12-23-24-14-15-27(34-32(24)35-31(23)25)30-20(5)10-8-11-21(30)6/h8-19,29H,1-7H3/i7D3,29D. The van der Waals surface area contributed by atoms with E-state index in [1.54, 1.807) is 6.07 Å². The van der Waals surface area contributed by atoms with Crippen LogP contribution in [0.2, 0.25) is 0 Å². The number of fused-ring (bicyclic) bond motifs is 3. The number of nitrogens with zero attached hydrogens (tertiary/aromatic N) is 2. The number of hydrogen-bond acceptors (Lipinski definition) is 3. The van der Waals surface area contributed by atoms with Gasteiger partial charge in [0.05, 0.1) is 11.4 Å². The van der Waals surface area contributed by atoms with E-state index in [-0.39, 0.29) is 17.4 Å². The third kappa shape index (κ3) is 4.03. The van der Waals surface area contributed by atoms with Gasteiger partial charge in [0.1, 0.15) is 5.58 Å². The van der Waals surface area contributed by atoms with Crippen LogP contribution in [0.1, 0.15) is 61.3 Å². The van der Waals surface area contributed by atoms with E-state index in [2.05, 4.69) is 31.0 Å². The SMILES string of the molecule is [2H]C([2H])([2H])c1cnc(-c2cccc3c2oc2nc(-c4c(C)cccc4C)ccc23)cc1C([2H])(C(C)C)C(C)C. The first-order valence-corrected chi connectivity index (χ1v) is 12.2. The van der Waals surface area contributed by atoms with Crippen LogP contribution in [0.15, 0.2) is 65.2 Å². The number of hydrogen-bond donors (Lipinski definition) is 0. The Kier molecular flexibility index (Phi) is 4.82. The van der Waals surface area contributed by atoms with Gasteiger partial charge in [-0.15, -0.1) is 0 Å². The molecule has 0 amide bonds. The molecule has 0 saturated carbocycles. The molecule has 3 nitrogen and oxygen atoms in total. The Morgan fingerprint density at radius 3 is 2.23 bits per heavy atom. The smallest absolute Gasteiger partial charge is 0.227 e. The molecule has 0 atom stereocenters. The average molecular weight is 467 g/mol. The Balaban J connectivity index is 1.74. The molecule has 0 saturated heterocycles. The van der Waals surface area contributed by atoms with Crippen molar-refractivity contribution in [2.75, 3.05) is 0 Å². The number of pyridine rings is 2. The number of para-hydroxylation sites is 1. The van der Waals surface area contributed by atoms with Crippen LogP contribution in [0.3, 0.4) is 0 Å². The minimum atomic E-state index is -2.38. The molecule has 0 fully saturated rings. The van der Waals surface area contributed by atoms with Crippen molar-refractivity contribution in [3.8, 4) is 22.5 Å². The van der Waals surface area contributed by atoms with Crippen molar-refractivity contribution in [3.05, 3.63) is 83.0 Å². The van der Waals surface area contributed by atoms with Crippen molar-refractivity contribution in [3.63, 3.8) is 0 Å². The zero-order valence-electron chi connectivity index (χ0n) is 25.2. The van der Waals surface area contributed by atoms with Gasteiger partial charge in [-0.05, 0) is 84.9 Å². The van der Waals surface area contributed by atoms with Crippen molar-refractivity contribution in [1.29, 1.82) is 0 Å². The highest BCUT2D eigenvalue weighted by Gasteiger charge is 2.23. The summed E-state index contributed by atoms with van der Waals surface area (Å²) in [6.07, 6.45) is 1.42. The Hall–Kier alpha value is -3.46. The fourth-order valence-electron chi connectivity index (χ4n) is 5.37. The third-order valence-corrected chi connectivity index (χ3v) is 6.84. The summed E-state index contributed by atoms with van der Waals surface area (Å²) < 4.78 is 40.3. The normalized spacial score (nSPS) is 14.4. The monoisotopic (exact) mass is 466 g/mol. The molecule has 178 valence electrons. The Bertz CT molecular complexity index is 1670. The Morgan fingerprint density at radius 2 is 1.54 bits per heavy atom. The van der Waals surface area contributed by atoms with E-state index in [9.17, 15) is 1.37 Å². The van der Waals surface area contributed by atoms with Crippen molar-refractivity contribution < 1.29 is 9.90 Å². The molecule has 35 heavy (non-hydrogen) atoms. The van der Waals surface area contributed by atoms with Crippen LogP contribution in [-0.2, 0) is 0 Å². The fraction of sp³-hybridized carbons (Fsp3) is 0.312. The van der Waals surface area contributed by atoms with Crippen LogP contribution < -0.4 is 0 Å². The second kappa shape index (κ2) is 8.96. The summed E-state index contributed by atoms with van der Waals surface area (Å²) in [5, 5.41) is 1.82. The van der Waals surface area contributed by atoms with Gasteiger partial charge in [-0.1, -0.05) is 58.0 Å². The summed E-state index contributed by atoms with van der Waals surface area (Å²) in [4.78, 5) is 9.49. The molecule has 0 spiro atoms. The first-order chi connectivity index (χ1) is 18.3. The van der Waals surface area contributed by atoms with E-state index in [1.807, 2.05) is 64.1 Å². The number of furan rings is 1. The van der Waals surface area contributed by atoms with Gasteiger partial charge in [0.25, 0.3) is 0 Å². The second-order valence-corrected chi connectivity index (χ2v) is 9.98. The van der Waals surface area contributed by atoms with Crippen LogP contribution in [0.25, 0.3) is 44.6 Å². The Morgan fingerprint density at radius 1 is 0.829 bits per heavy atom. The average Bonchev–Trinajstić information content (AvgIpc) is 3.25. The summed E-state index contributed by atoms with van der Waals surface area (Å²) in [6, 6.07) is 17.9. The highest BCUT2D eigenvalue weighted by Crippen LogP contribution is 2.39. The van der Waals surface area contributed by atoms with Gasteiger partial charge in [0, 0.05) is 33.6 Å². The summed E-state index contributed by atoms with van der Waals surface area (Å²) in [7, 11) is 0. The zero-order valence-corrected chi connectivity index (χ0v) is 21.2. The number of aryl methyl sites for hydroxylation is 3. The minimum Gasteiger partial charge on any atom is -0.437 e. The largest absolute Gasteiger partial charge is 0.437 e. The van der Waals surface area contributed by atoms with E-state index in [1.165, 1.54) is 6.20 Å². The van der Waals surface area contributed by atoms with E-state index in [4.69, 9.17) is 13.5 Å². The number of rotatable bonds is 5. The molecule has 0 aliphatic carbocycles. The van der Waals surface area contributed by atoms with Crippen molar-refractivity contribution in [2.24, 2.45) is 11.8 Å². The van der Waals surface area contributed by atoms with Gasteiger partial charge in [-0.2, -0.15) is 0 Å². The van der Waals surface area contributed by atoms with Crippen LogP contribution in [0.4, 0.5) is 0 Å². The molecule has 0 N–H and O–H groups in total. The van der Waals surface area contributed by atoms with E-state index in [0.717, 1.165) is 38.7 Å². The topological polar surface area (TPSA) is 38.9 Å². The lowest BCUT2D eigenvalue weighted by Gasteiger charge is -2.27. The summed E-state index contributed by atoms with van der Waals surface area (Å²) in [6.45, 7) is 9.66. The lowest BCUT2D eigenvalue weighted by atomic mass is 9.78. The van der Waals surface area contributed by atoms with Crippen LogP contribution in [-0.4, -0.2) is 9.97 Å². The zero-order chi connectivity index (χ0) is 28.3. The van der Waals surface area contributed by atoms with Gasteiger partial charge < -0.3 is 4.42 Å². The molecule has 3 heterocycles. The van der Waals surface area contributed by atoms with Gasteiger partial charge in [0.15, 0.2) is 0 Å². The first-order valence-electron chi connectivity index (χ1n) is 14.2. The quantitative estimate of drug-likeness (QED) is 0.259. The molecule has 5 aromatic rings. The van der Waals surface area contributed by atoms with Gasteiger partial charge >= 0.3 is 0 Å². The highest BCUT2D eigenvalue weighted by molar-refractivity contribution is 6.08. The lowest BCUT2D eigenvalue weighted by molar-refractivity contribution is 0.386. The number of benzene rings is 2. The maximum absolute atomic E-state index is 9.43. The molecule has 2 aromatic carbocycles. The highest BCUT2D eigenvalue weighted by atomic mass is 16.3. The summed E-state index contributed by atoms with van der Waals surface area (Å²) in [5.74, 6) is -1.32. The minimum absolute atomic E-state index is 0.108. The molecule has 5 rings (SSSR count). The van der Waals surface area contributed by atoms with Gasteiger partial charge in [-0.3, -0.25) is 4.98 Å². The predicted molar refractivity (Wildman–Crippen MR) is 147 cm³/mol. The van der Waals surface area contributed by atoms with Crippen LogP contribution in [0, 0.1) is 32.5 Å². The molecule has 0 unspecified atom stereocenters. The molecule has 0 aliphatic rings. The summed E-state index contributed by atoms with van der Waals surface area (Å²) in [5.41, 5.74) is 7.37. The lowest BCUT2D eigenvalue weighted by Crippen LogP contribution is -2.15. The van der Waals surface area contributed by atoms with Crippen LogP contribution in [0.5, 0.6) is 0 Å². The van der Waals surface area contributed by atoms with Crippen molar-refractivity contribution >= 4 is 22.1 Å². The molecule has 3 aromatic heterocycles. The third-order valence-electron chi connectivity index (χ3n) is 6.84. The van der Waals surface area contributed by atoms with Crippen LogP contribution >= 0.6 is 0 Å². The van der Waals surface area contributed by atoms with Crippen molar-refractivity contribution in [1.82, 2.24) is 9.97 Å². The molecular weight excluding hydrogens is 428 g/mol. The van der Waals surface area contributed by atoms with E-state index >= 15 is 0 Å². The number of aromatic nitrogens is 2. The fourth-order valence-corrected chi connectivity index (χ4v) is 5.37. The first kappa shape index (κ1) is 18.8. The second-order valence-electron chi connectivity index (χ2n) is 9.98. The van der Waals surface area contributed by atoms with E-state index in [0.29, 0.717) is 22.6 Å². The molecule has 0 bridgehead atoms. The molecular formula is C32H34N2O. The van der Waals surface area contributed by atoms with Crippen molar-refractivity contribution in [2.45, 2.75) is 54.3 Å². The Labute approximate surface area is 213 Å². The molecule has 3 heteroatoms. The maximum Gasteiger partial charge on any atom is 0.227 e. The molecule has 0 aliphatic heterocycles. The van der Waals surface area contributed by atoms with Gasteiger partial charge in [-0.25, -0.2) is 4.98 Å².